The van der Waals surface area contributed by atoms with Crippen molar-refractivity contribution in [2.24, 2.45) is 0 Å². The number of thiophene rings is 1. The Morgan fingerprint density at radius 2 is 2.00 bits per heavy atom. The first-order chi connectivity index (χ1) is 12.1. The number of aromatic nitrogens is 1. The number of nitrogens with zero attached hydrogens (tertiary/aromatic N) is 1. The zero-order chi connectivity index (χ0) is 17.8. The number of rotatable bonds is 4. The average Bonchev–Trinajstić information content (AvgIpc) is 3.22. The second-order valence-corrected chi connectivity index (χ2v) is 6.63. The van der Waals surface area contributed by atoms with Gasteiger partial charge in [0.2, 0.25) is 0 Å². The van der Waals surface area contributed by atoms with Gasteiger partial charge in [-0.3, -0.25) is 14.9 Å². The first kappa shape index (κ1) is 17.1. The number of fused-ring (bicyclic) bond motifs is 1. The Labute approximate surface area is 150 Å². The molecule has 1 aromatic carbocycles. The van der Waals surface area contributed by atoms with E-state index in [4.69, 9.17) is 0 Å². The van der Waals surface area contributed by atoms with Gasteiger partial charge in [-0.05, 0) is 36.6 Å². The molecule has 3 rings (SSSR count). The molecule has 0 aliphatic carbocycles. The van der Waals surface area contributed by atoms with Crippen molar-refractivity contribution in [3.05, 3.63) is 46.3 Å². The van der Waals surface area contributed by atoms with Gasteiger partial charge >= 0.3 is 6.09 Å². The third-order valence-corrected chi connectivity index (χ3v) is 4.86. The molecule has 3 amide bonds. The molecule has 2 N–H and O–H groups in total. The number of carbonyl (C=O) groups is 3. The van der Waals surface area contributed by atoms with Crippen LogP contribution in [0, 0.1) is 0 Å². The number of amides is 3. The van der Waals surface area contributed by atoms with Crippen LogP contribution in [0.5, 0.6) is 0 Å². The summed E-state index contributed by atoms with van der Waals surface area (Å²) >= 11 is 2.68. The largest absolute Gasteiger partial charge is 0.450 e. The van der Waals surface area contributed by atoms with Crippen molar-refractivity contribution in [2.45, 2.75) is 6.92 Å². The van der Waals surface area contributed by atoms with Crippen molar-refractivity contribution in [1.82, 2.24) is 10.3 Å². The number of imide groups is 1. The fourth-order valence-corrected chi connectivity index (χ4v) is 3.52. The van der Waals surface area contributed by atoms with Crippen LogP contribution in [0.1, 0.15) is 27.6 Å². The predicted molar refractivity (Wildman–Crippen MR) is 96.4 cm³/mol. The third-order valence-electron chi connectivity index (χ3n) is 3.22. The van der Waals surface area contributed by atoms with Crippen LogP contribution in [-0.4, -0.2) is 29.5 Å². The molecule has 25 heavy (non-hydrogen) atoms. The van der Waals surface area contributed by atoms with Gasteiger partial charge < -0.3 is 10.1 Å². The van der Waals surface area contributed by atoms with Crippen molar-refractivity contribution in [1.29, 1.82) is 0 Å². The van der Waals surface area contributed by atoms with Crippen molar-refractivity contribution < 1.29 is 19.1 Å². The number of alkyl carbamates (subject to hydrolysis) is 1. The van der Waals surface area contributed by atoms with Gasteiger partial charge in [-0.1, -0.05) is 0 Å². The van der Waals surface area contributed by atoms with Crippen LogP contribution < -0.4 is 10.6 Å². The monoisotopic (exact) mass is 375 g/mol. The molecule has 0 spiro atoms. The number of benzene rings is 1. The molecular formula is C16H13N3O4S2. The number of hydrogen-bond donors (Lipinski definition) is 2. The molecule has 3 aromatic rings. The fourth-order valence-electron chi connectivity index (χ4n) is 2.09. The van der Waals surface area contributed by atoms with E-state index < -0.39 is 12.0 Å². The summed E-state index contributed by atoms with van der Waals surface area (Å²) in [7, 11) is 0. The summed E-state index contributed by atoms with van der Waals surface area (Å²) in [5, 5.41) is 6.80. The van der Waals surface area contributed by atoms with Gasteiger partial charge in [0.1, 0.15) is 5.00 Å². The van der Waals surface area contributed by atoms with Crippen LogP contribution in [-0.2, 0) is 4.74 Å². The average molecular weight is 375 g/mol. The number of nitrogens with one attached hydrogen (secondary N) is 2. The van der Waals surface area contributed by atoms with Gasteiger partial charge in [-0.15, -0.1) is 22.7 Å². The maximum atomic E-state index is 12.4. The molecule has 0 bridgehead atoms. The summed E-state index contributed by atoms with van der Waals surface area (Å²) in [5.74, 6) is -0.993. The second kappa shape index (κ2) is 7.41. The van der Waals surface area contributed by atoms with E-state index in [2.05, 4.69) is 20.4 Å². The molecular weight excluding hydrogens is 362 g/mol. The molecule has 0 saturated heterocycles. The van der Waals surface area contributed by atoms with E-state index in [-0.39, 0.29) is 18.1 Å². The molecule has 0 saturated carbocycles. The minimum absolute atomic E-state index is 0.158. The molecule has 0 radical (unpaired) electrons. The number of ether oxygens (including phenoxy) is 1. The maximum Gasteiger partial charge on any atom is 0.414 e. The SMILES string of the molecule is CCOC(=O)NC(=O)c1ccsc1NC(=O)c1ccc2scnc2c1. The molecule has 9 heteroatoms. The summed E-state index contributed by atoms with van der Waals surface area (Å²) in [6.45, 7) is 1.80. The Hall–Kier alpha value is -2.78. The van der Waals surface area contributed by atoms with Crippen LogP contribution in [0.2, 0.25) is 0 Å². The van der Waals surface area contributed by atoms with E-state index >= 15 is 0 Å². The van der Waals surface area contributed by atoms with E-state index in [1.165, 1.54) is 28.7 Å². The molecule has 0 unspecified atom stereocenters. The summed E-state index contributed by atoms with van der Waals surface area (Å²) in [6.07, 6.45) is -0.829. The molecule has 0 aliphatic heterocycles. The normalized spacial score (nSPS) is 10.4. The Morgan fingerprint density at radius 3 is 2.80 bits per heavy atom. The van der Waals surface area contributed by atoms with Crippen LogP contribution >= 0.6 is 22.7 Å². The number of anilines is 1. The lowest BCUT2D eigenvalue weighted by Crippen LogP contribution is -2.31. The van der Waals surface area contributed by atoms with Crippen molar-refractivity contribution in [2.75, 3.05) is 11.9 Å². The Morgan fingerprint density at radius 1 is 1.16 bits per heavy atom. The minimum Gasteiger partial charge on any atom is -0.450 e. The van der Waals surface area contributed by atoms with Gasteiger partial charge in [-0.2, -0.15) is 0 Å². The number of thiazole rings is 1. The fraction of sp³-hybridized carbons (Fsp3) is 0.125. The third kappa shape index (κ3) is 3.83. The van der Waals surface area contributed by atoms with E-state index in [0.717, 1.165) is 10.2 Å². The Bertz CT molecular complexity index is 948. The zero-order valence-corrected chi connectivity index (χ0v) is 14.7. The van der Waals surface area contributed by atoms with Crippen molar-refractivity contribution in [3.63, 3.8) is 0 Å². The van der Waals surface area contributed by atoms with Crippen LogP contribution in [0.15, 0.2) is 35.2 Å². The van der Waals surface area contributed by atoms with E-state index in [9.17, 15) is 14.4 Å². The van der Waals surface area contributed by atoms with Crippen molar-refractivity contribution in [3.8, 4) is 0 Å². The van der Waals surface area contributed by atoms with Gasteiger partial charge in [0.15, 0.2) is 0 Å². The standard InChI is InChI=1S/C16H13N3O4S2/c1-2-23-16(22)19-14(21)10-5-6-24-15(10)18-13(20)9-3-4-12-11(7-9)17-8-25-12/h3-8H,2H2,1H3,(H,18,20)(H,19,21,22). The van der Waals surface area contributed by atoms with Crippen LogP contribution in [0.25, 0.3) is 10.2 Å². The van der Waals surface area contributed by atoms with Gasteiger partial charge in [0.25, 0.3) is 11.8 Å². The lowest BCUT2D eigenvalue weighted by molar-refractivity contribution is 0.0926. The smallest absolute Gasteiger partial charge is 0.414 e. The van der Waals surface area contributed by atoms with Gasteiger partial charge in [-0.25, -0.2) is 9.78 Å². The summed E-state index contributed by atoms with van der Waals surface area (Å²) in [6, 6.07) is 6.73. The quantitative estimate of drug-likeness (QED) is 0.727. The van der Waals surface area contributed by atoms with Crippen molar-refractivity contribution >= 4 is 55.8 Å². The number of carbonyl (C=O) groups excluding carboxylic acids is 3. The maximum absolute atomic E-state index is 12.4. The van der Waals surface area contributed by atoms with E-state index in [1.54, 1.807) is 29.9 Å². The Kier molecular flexibility index (Phi) is 5.05. The van der Waals surface area contributed by atoms with Crippen LogP contribution in [0.4, 0.5) is 9.80 Å². The van der Waals surface area contributed by atoms with Gasteiger partial charge in [0, 0.05) is 5.56 Å². The minimum atomic E-state index is -0.829. The highest BCUT2D eigenvalue weighted by atomic mass is 32.1. The summed E-state index contributed by atoms with van der Waals surface area (Å²) in [4.78, 5) is 40.1. The molecule has 0 atom stereocenters. The predicted octanol–water partition coefficient (Wildman–Crippen LogP) is 3.50. The summed E-state index contributed by atoms with van der Waals surface area (Å²) < 4.78 is 5.66. The first-order valence-electron chi connectivity index (χ1n) is 7.28. The number of hydrogen-bond acceptors (Lipinski definition) is 7. The highest BCUT2D eigenvalue weighted by molar-refractivity contribution is 7.16. The molecule has 2 aromatic heterocycles. The summed E-state index contributed by atoms with van der Waals surface area (Å²) in [5.41, 5.74) is 3.08. The lowest BCUT2D eigenvalue weighted by Gasteiger charge is -2.07. The molecule has 128 valence electrons. The molecule has 0 aliphatic rings. The highest BCUT2D eigenvalue weighted by Crippen LogP contribution is 2.25. The van der Waals surface area contributed by atoms with E-state index in [1.807, 2.05) is 6.07 Å². The molecule has 0 fully saturated rings. The second-order valence-electron chi connectivity index (χ2n) is 4.83. The van der Waals surface area contributed by atoms with E-state index in [0.29, 0.717) is 10.6 Å². The first-order valence-corrected chi connectivity index (χ1v) is 9.04. The molecule has 7 nitrogen and oxygen atoms in total. The van der Waals surface area contributed by atoms with Gasteiger partial charge in [0.05, 0.1) is 27.9 Å². The topological polar surface area (TPSA) is 97.4 Å². The lowest BCUT2D eigenvalue weighted by atomic mass is 10.2. The zero-order valence-electron chi connectivity index (χ0n) is 13.1. The molecule has 2 heterocycles. The van der Waals surface area contributed by atoms with Crippen LogP contribution in [0.3, 0.4) is 0 Å². The highest BCUT2D eigenvalue weighted by Gasteiger charge is 2.18. The Balaban J connectivity index is 1.74.